The second-order valence-electron chi connectivity index (χ2n) is 5.27. The smallest absolute Gasteiger partial charge is 0.239 e. The maximum atomic E-state index is 13.4. The molecule has 0 aliphatic heterocycles. The summed E-state index contributed by atoms with van der Waals surface area (Å²) >= 11 is 5.78. The Bertz CT molecular complexity index is 704. The number of nitrogens with one attached hydrogen (secondary N) is 2. The average Bonchev–Trinajstić information content (AvgIpc) is 2.57. The lowest BCUT2D eigenvalue weighted by atomic mass is 10.1. The van der Waals surface area contributed by atoms with Gasteiger partial charge in [0, 0.05) is 11.6 Å². The molecule has 0 unspecified atom stereocenters. The van der Waals surface area contributed by atoms with E-state index in [9.17, 15) is 14.0 Å². The molecule has 4 nitrogen and oxygen atoms in total. The van der Waals surface area contributed by atoms with Gasteiger partial charge >= 0.3 is 0 Å². The number of rotatable bonds is 7. The molecule has 0 heterocycles. The van der Waals surface area contributed by atoms with Crippen LogP contribution in [0.4, 0.5) is 4.39 Å². The minimum atomic E-state index is -0.309. The number of hydrogen-bond donors (Lipinski definition) is 2. The third-order valence-corrected chi connectivity index (χ3v) is 3.65. The van der Waals surface area contributed by atoms with Crippen molar-refractivity contribution in [1.29, 1.82) is 0 Å². The van der Waals surface area contributed by atoms with Gasteiger partial charge in [-0.15, -0.1) is 0 Å². The number of benzene rings is 2. The Hall–Kier alpha value is -2.40. The SMILES string of the molecule is O=C(CNC(=O)Cc1ccc(Cl)cc1)NCCc1ccccc1F. The number of amides is 2. The normalized spacial score (nSPS) is 10.2. The van der Waals surface area contributed by atoms with Crippen LogP contribution in [-0.4, -0.2) is 24.9 Å². The van der Waals surface area contributed by atoms with Crippen LogP contribution in [0.1, 0.15) is 11.1 Å². The monoisotopic (exact) mass is 348 g/mol. The van der Waals surface area contributed by atoms with Gasteiger partial charge in [-0.3, -0.25) is 9.59 Å². The molecule has 0 saturated heterocycles. The fourth-order valence-corrected chi connectivity index (χ4v) is 2.26. The third kappa shape index (κ3) is 6.01. The lowest BCUT2D eigenvalue weighted by molar-refractivity contribution is -0.125. The second-order valence-corrected chi connectivity index (χ2v) is 5.71. The Balaban J connectivity index is 1.66. The van der Waals surface area contributed by atoms with Gasteiger partial charge in [-0.05, 0) is 35.7 Å². The Morgan fingerprint density at radius 2 is 1.67 bits per heavy atom. The molecule has 2 amide bonds. The van der Waals surface area contributed by atoms with E-state index in [4.69, 9.17) is 11.6 Å². The van der Waals surface area contributed by atoms with E-state index >= 15 is 0 Å². The molecule has 126 valence electrons. The van der Waals surface area contributed by atoms with Crippen LogP contribution < -0.4 is 10.6 Å². The Morgan fingerprint density at radius 1 is 0.958 bits per heavy atom. The standard InChI is InChI=1S/C18H18ClFN2O2/c19-15-7-5-13(6-8-15)11-17(23)22-12-18(24)21-10-9-14-3-1-2-4-16(14)20/h1-8H,9-12H2,(H,21,24)(H,22,23). The second kappa shape index (κ2) is 9.03. The zero-order valence-electron chi connectivity index (χ0n) is 13.0. The first-order chi connectivity index (χ1) is 11.5. The van der Waals surface area contributed by atoms with Gasteiger partial charge in [0.15, 0.2) is 0 Å². The molecular formula is C18H18ClFN2O2. The van der Waals surface area contributed by atoms with Crippen LogP contribution in [0, 0.1) is 5.82 Å². The largest absolute Gasteiger partial charge is 0.354 e. The van der Waals surface area contributed by atoms with Gasteiger partial charge in [0.1, 0.15) is 5.82 Å². The van der Waals surface area contributed by atoms with Crippen molar-refractivity contribution in [3.63, 3.8) is 0 Å². The lowest BCUT2D eigenvalue weighted by Crippen LogP contribution is -2.38. The minimum absolute atomic E-state index is 0.107. The van der Waals surface area contributed by atoms with Crippen LogP contribution in [0.3, 0.4) is 0 Å². The van der Waals surface area contributed by atoms with Gasteiger partial charge in [0.05, 0.1) is 13.0 Å². The maximum absolute atomic E-state index is 13.4. The summed E-state index contributed by atoms with van der Waals surface area (Å²) in [6.45, 7) is 0.205. The molecule has 0 aliphatic carbocycles. The van der Waals surface area contributed by atoms with Crippen LogP contribution >= 0.6 is 11.6 Å². The summed E-state index contributed by atoms with van der Waals surface area (Å²) in [5, 5.41) is 5.80. The van der Waals surface area contributed by atoms with E-state index in [1.165, 1.54) is 6.07 Å². The Labute approximate surface area is 145 Å². The highest BCUT2D eigenvalue weighted by atomic mass is 35.5. The molecule has 0 bridgehead atoms. The van der Waals surface area contributed by atoms with E-state index in [0.717, 1.165) is 5.56 Å². The molecule has 24 heavy (non-hydrogen) atoms. The van der Waals surface area contributed by atoms with Crippen molar-refractivity contribution in [1.82, 2.24) is 10.6 Å². The van der Waals surface area contributed by atoms with Crippen molar-refractivity contribution < 1.29 is 14.0 Å². The van der Waals surface area contributed by atoms with E-state index in [1.54, 1.807) is 42.5 Å². The predicted molar refractivity (Wildman–Crippen MR) is 91.3 cm³/mol. The van der Waals surface area contributed by atoms with Crippen molar-refractivity contribution in [2.45, 2.75) is 12.8 Å². The third-order valence-electron chi connectivity index (χ3n) is 3.40. The number of carbonyl (C=O) groups is 2. The minimum Gasteiger partial charge on any atom is -0.354 e. The van der Waals surface area contributed by atoms with Crippen molar-refractivity contribution in [2.75, 3.05) is 13.1 Å². The zero-order chi connectivity index (χ0) is 17.4. The van der Waals surface area contributed by atoms with Crippen LogP contribution in [-0.2, 0) is 22.4 Å². The van der Waals surface area contributed by atoms with Gasteiger partial charge in [0.25, 0.3) is 0 Å². The maximum Gasteiger partial charge on any atom is 0.239 e. The van der Waals surface area contributed by atoms with Gasteiger partial charge in [-0.1, -0.05) is 41.9 Å². The molecule has 0 fully saturated rings. The summed E-state index contributed by atoms with van der Waals surface area (Å²) < 4.78 is 13.4. The first-order valence-corrected chi connectivity index (χ1v) is 7.93. The fourth-order valence-electron chi connectivity index (χ4n) is 2.13. The highest BCUT2D eigenvalue weighted by molar-refractivity contribution is 6.30. The van der Waals surface area contributed by atoms with Crippen molar-refractivity contribution >= 4 is 23.4 Å². The Morgan fingerprint density at radius 3 is 2.38 bits per heavy atom. The predicted octanol–water partition coefficient (Wildman–Crippen LogP) is 2.50. The summed E-state index contributed by atoms with van der Waals surface area (Å²) in [5.41, 5.74) is 1.36. The molecule has 0 radical (unpaired) electrons. The first kappa shape index (κ1) is 17.9. The van der Waals surface area contributed by atoms with E-state index in [-0.39, 0.29) is 30.6 Å². The molecule has 0 saturated carbocycles. The first-order valence-electron chi connectivity index (χ1n) is 7.56. The van der Waals surface area contributed by atoms with E-state index in [2.05, 4.69) is 10.6 Å². The molecule has 0 aliphatic rings. The molecule has 2 N–H and O–H groups in total. The fraction of sp³-hybridized carbons (Fsp3) is 0.222. The molecule has 2 rings (SSSR count). The summed E-state index contributed by atoms with van der Waals surface area (Å²) in [5.74, 6) is -0.847. The molecule has 0 spiro atoms. The van der Waals surface area contributed by atoms with Crippen LogP contribution in [0.15, 0.2) is 48.5 Å². The summed E-state index contributed by atoms with van der Waals surface area (Å²) in [6, 6.07) is 13.4. The molecule has 6 heteroatoms. The topological polar surface area (TPSA) is 58.2 Å². The number of halogens is 2. The van der Waals surface area contributed by atoms with Crippen molar-refractivity contribution in [3.05, 3.63) is 70.5 Å². The quantitative estimate of drug-likeness (QED) is 0.807. The van der Waals surface area contributed by atoms with E-state index in [0.29, 0.717) is 23.6 Å². The van der Waals surface area contributed by atoms with Crippen LogP contribution in [0.25, 0.3) is 0 Å². The number of hydrogen-bond acceptors (Lipinski definition) is 2. The van der Waals surface area contributed by atoms with Crippen LogP contribution in [0.2, 0.25) is 5.02 Å². The van der Waals surface area contributed by atoms with Crippen molar-refractivity contribution in [2.24, 2.45) is 0 Å². The van der Waals surface area contributed by atoms with E-state index < -0.39 is 0 Å². The zero-order valence-corrected chi connectivity index (χ0v) is 13.8. The molecule has 2 aromatic rings. The molecular weight excluding hydrogens is 331 g/mol. The number of carbonyl (C=O) groups excluding carboxylic acids is 2. The Kier molecular flexibility index (Phi) is 6.75. The van der Waals surface area contributed by atoms with Gasteiger partial charge in [-0.25, -0.2) is 4.39 Å². The van der Waals surface area contributed by atoms with Crippen LogP contribution in [0.5, 0.6) is 0 Å². The summed E-state index contributed by atoms with van der Waals surface area (Å²) in [7, 11) is 0. The highest BCUT2D eigenvalue weighted by Gasteiger charge is 2.07. The van der Waals surface area contributed by atoms with Gasteiger partial charge < -0.3 is 10.6 Å². The lowest BCUT2D eigenvalue weighted by Gasteiger charge is -2.08. The molecule has 0 aromatic heterocycles. The summed E-state index contributed by atoms with van der Waals surface area (Å²) in [6.07, 6.45) is 0.580. The highest BCUT2D eigenvalue weighted by Crippen LogP contribution is 2.09. The van der Waals surface area contributed by atoms with Gasteiger partial charge in [-0.2, -0.15) is 0 Å². The average molecular weight is 349 g/mol. The molecule has 0 atom stereocenters. The van der Waals surface area contributed by atoms with Crippen molar-refractivity contribution in [3.8, 4) is 0 Å². The summed E-state index contributed by atoms with van der Waals surface area (Å²) in [4.78, 5) is 23.5. The van der Waals surface area contributed by atoms with Gasteiger partial charge in [0.2, 0.25) is 11.8 Å². The van der Waals surface area contributed by atoms with E-state index in [1.807, 2.05) is 0 Å². The molecule has 2 aromatic carbocycles.